The van der Waals surface area contributed by atoms with Crippen molar-refractivity contribution in [3.05, 3.63) is 65.8 Å². The molecule has 4 nitrogen and oxygen atoms in total. The lowest BCUT2D eigenvalue weighted by Crippen LogP contribution is -2.16. The quantitative estimate of drug-likeness (QED) is 0.654. The number of aromatic nitrogens is 2. The second-order valence-corrected chi connectivity index (χ2v) is 6.91. The fraction of sp³-hybridized carbons (Fsp3) is 0.190. The molecule has 3 rings (SSSR count). The normalized spacial score (nSPS) is 10.8. The molecular weight excluding hydrogens is 346 g/mol. The molecule has 0 aliphatic heterocycles. The summed E-state index contributed by atoms with van der Waals surface area (Å²) in [5.74, 6) is 0.490. The summed E-state index contributed by atoms with van der Waals surface area (Å²) in [7, 11) is 0. The summed E-state index contributed by atoms with van der Waals surface area (Å²) >= 11 is 6.14. The van der Waals surface area contributed by atoms with E-state index >= 15 is 0 Å². The first-order chi connectivity index (χ1) is 12.5. The van der Waals surface area contributed by atoms with Crippen LogP contribution < -0.4 is 5.32 Å². The number of benzene rings is 2. The molecule has 26 heavy (non-hydrogen) atoms. The van der Waals surface area contributed by atoms with Gasteiger partial charge >= 0.3 is 0 Å². The zero-order valence-corrected chi connectivity index (χ0v) is 15.5. The molecule has 0 unspecified atom stereocenters. The van der Waals surface area contributed by atoms with Crippen LogP contribution in [0.1, 0.15) is 20.3 Å². The number of nitrogens with one attached hydrogen (secondary N) is 1. The van der Waals surface area contributed by atoms with E-state index in [1.807, 2.05) is 68.4 Å². The van der Waals surface area contributed by atoms with Crippen LogP contribution in [0.3, 0.4) is 0 Å². The Morgan fingerprint density at radius 2 is 1.81 bits per heavy atom. The minimum absolute atomic E-state index is 0.0884. The van der Waals surface area contributed by atoms with Gasteiger partial charge in [-0.05, 0) is 23.6 Å². The van der Waals surface area contributed by atoms with E-state index < -0.39 is 0 Å². The van der Waals surface area contributed by atoms with Gasteiger partial charge in [0.15, 0.2) is 0 Å². The van der Waals surface area contributed by atoms with Gasteiger partial charge in [-0.1, -0.05) is 67.9 Å². The molecule has 3 aromatic rings. The molecule has 0 saturated carbocycles. The first-order valence-electron chi connectivity index (χ1n) is 8.51. The SMILES string of the molecule is CC(C)CC(=O)Nc1ncc(-c2cccc(Cl)c2)c(-c2ccccc2)n1. The molecule has 5 heteroatoms. The van der Waals surface area contributed by atoms with E-state index in [4.69, 9.17) is 11.6 Å². The molecule has 0 aliphatic rings. The Labute approximate surface area is 158 Å². The highest BCUT2D eigenvalue weighted by atomic mass is 35.5. The van der Waals surface area contributed by atoms with Gasteiger partial charge in [-0.3, -0.25) is 10.1 Å². The minimum Gasteiger partial charge on any atom is -0.295 e. The van der Waals surface area contributed by atoms with Crippen LogP contribution in [0.15, 0.2) is 60.8 Å². The maximum absolute atomic E-state index is 12.1. The van der Waals surface area contributed by atoms with Crippen LogP contribution in [0.25, 0.3) is 22.4 Å². The van der Waals surface area contributed by atoms with Crippen molar-refractivity contribution in [3.8, 4) is 22.4 Å². The predicted molar refractivity (Wildman–Crippen MR) is 106 cm³/mol. The van der Waals surface area contributed by atoms with E-state index in [2.05, 4.69) is 15.3 Å². The Bertz CT molecular complexity index is 910. The van der Waals surface area contributed by atoms with Crippen molar-refractivity contribution in [2.24, 2.45) is 5.92 Å². The molecule has 0 aliphatic carbocycles. The van der Waals surface area contributed by atoms with E-state index in [1.54, 1.807) is 6.20 Å². The Hall–Kier alpha value is -2.72. The molecule has 1 amide bonds. The first-order valence-corrected chi connectivity index (χ1v) is 8.89. The highest BCUT2D eigenvalue weighted by Gasteiger charge is 2.14. The molecule has 0 spiro atoms. The number of amides is 1. The van der Waals surface area contributed by atoms with Crippen LogP contribution in [0.5, 0.6) is 0 Å². The number of carbonyl (C=O) groups is 1. The summed E-state index contributed by atoms with van der Waals surface area (Å²) < 4.78 is 0. The van der Waals surface area contributed by atoms with Crippen LogP contribution in [0, 0.1) is 5.92 Å². The van der Waals surface area contributed by atoms with Crippen molar-refractivity contribution in [1.82, 2.24) is 9.97 Å². The molecule has 0 radical (unpaired) electrons. The van der Waals surface area contributed by atoms with Gasteiger partial charge in [0.05, 0.1) is 5.69 Å². The molecule has 0 bridgehead atoms. The summed E-state index contributed by atoms with van der Waals surface area (Å²) in [4.78, 5) is 21.0. The fourth-order valence-electron chi connectivity index (χ4n) is 2.67. The smallest absolute Gasteiger partial charge is 0.229 e. The van der Waals surface area contributed by atoms with Gasteiger partial charge in [-0.15, -0.1) is 0 Å². The third-order valence-corrected chi connectivity index (χ3v) is 4.05. The summed E-state index contributed by atoms with van der Waals surface area (Å²) in [6.45, 7) is 4.00. The summed E-state index contributed by atoms with van der Waals surface area (Å²) in [5.41, 5.74) is 3.49. The average molecular weight is 366 g/mol. The van der Waals surface area contributed by atoms with E-state index in [-0.39, 0.29) is 11.8 Å². The lowest BCUT2D eigenvalue weighted by molar-refractivity contribution is -0.116. The zero-order chi connectivity index (χ0) is 18.5. The van der Waals surface area contributed by atoms with Gasteiger partial charge in [0.2, 0.25) is 11.9 Å². The van der Waals surface area contributed by atoms with Gasteiger partial charge < -0.3 is 0 Å². The van der Waals surface area contributed by atoms with Crippen molar-refractivity contribution in [2.45, 2.75) is 20.3 Å². The molecule has 1 N–H and O–H groups in total. The minimum atomic E-state index is -0.0884. The van der Waals surface area contributed by atoms with Crippen molar-refractivity contribution in [1.29, 1.82) is 0 Å². The Morgan fingerprint density at radius 1 is 1.08 bits per heavy atom. The van der Waals surface area contributed by atoms with Crippen LogP contribution in [0.4, 0.5) is 5.95 Å². The van der Waals surface area contributed by atoms with Gasteiger partial charge in [-0.25, -0.2) is 9.97 Å². The standard InChI is InChI=1S/C21H20ClN3O/c1-14(2)11-19(26)24-21-23-13-18(16-9-6-10-17(22)12-16)20(25-21)15-7-4-3-5-8-15/h3-10,12-14H,11H2,1-2H3,(H,23,24,25,26). The molecule has 132 valence electrons. The van der Waals surface area contributed by atoms with E-state index in [1.165, 1.54) is 0 Å². The van der Waals surface area contributed by atoms with Crippen molar-refractivity contribution in [2.75, 3.05) is 5.32 Å². The van der Waals surface area contributed by atoms with Gasteiger partial charge in [0.1, 0.15) is 0 Å². The molecule has 0 saturated heterocycles. The van der Waals surface area contributed by atoms with E-state index in [9.17, 15) is 4.79 Å². The topological polar surface area (TPSA) is 54.9 Å². The van der Waals surface area contributed by atoms with Crippen LogP contribution in [-0.2, 0) is 4.79 Å². The van der Waals surface area contributed by atoms with Gasteiger partial charge in [0, 0.05) is 28.8 Å². The highest BCUT2D eigenvalue weighted by molar-refractivity contribution is 6.30. The zero-order valence-electron chi connectivity index (χ0n) is 14.7. The highest BCUT2D eigenvalue weighted by Crippen LogP contribution is 2.32. The van der Waals surface area contributed by atoms with E-state index in [0.717, 1.165) is 22.4 Å². The number of carbonyl (C=O) groups excluding carboxylic acids is 1. The number of halogens is 1. The second kappa shape index (κ2) is 8.11. The summed E-state index contributed by atoms with van der Waals surface area (Å²) in [5, 5.41) is 3.44. The maximum Gasteiger partial charge on any atom is 0.229 e. The maximum atomic E-state index is 12.1. The van der Waals surface area contributed by atoms with Crippen molar-refractivity contribution < 1.29 is 4.79 Å². The molecule has 2 aromatic carbocycles. The van der Waals surface area contributed by atoms with E-state index in [0.29, 0.717) is 17.4 Å². The summed E-state index contributed by atoms with van der Waals surface area (Å²) in [6, 6.07) is 17.4. The average Bonchev–Trinajstić information content (AvgIpc) is 2.61. The molecular formula is C21H20ClN3O. The number of hydrogen-bond donors (Lipinski definition) is 1. The predicted octanol–water partition coefficient (Wildman–Crippen LogP) is 5.45. The Kier molecular flexibility index (Phi) is 5.64. The molecule has 1 aromatic heterocycles. The van der Waals surface area contributed by atoms with Gasteiger partial charge in [-0.2, -0.15) is 0 Å². The Morgan fingerprint density at radius 3 is 2.50 bits per heavy atom. The fourth-order valence-corrected chi connectivity index (χ4v) is 2.86. The number of hydrogen-bond acceptors (Lipinski definition) is 3. The molecule has 0 atom stereocenters. The van der Waals surface area contributed by atoms with Crippen LogP contribution >= 0.6 is 11.6 Å². The van der Waals surface area contributed by atoms with Crippen molar-refractivity contribution in [3.63, 3.8) is 0 Å². The largest absolute Gasteiger partial charge is 0.295 e. The third-order valence-electron chi connectivity index (χ3n) is 3.82. The number of rotatable bonds is 5. The van der Waals surface area contributed by atoms with Gasteiger partial charge in [0.25, 0.3) is 0 Å². The first kappa shape index (κ1) is 18.1. The molecule has 0 fully saturated rings. The lowest BCUT2D eigenvalue weighted by Gasteiger charge is -2.12. The number of anilines is 1. The van der Waals surface area contributed by atoms with Crippen LogP contribution in [-0.4, -0.2) is 15.9 Å². The lowest BCUT2D eigenvalue weighted by atomic mass is 10.0. The Balaban J connectivity index is 2.04. The summed E-state index contributed by atoms with van der Waals surface area (Å²) in [6.07, 6.45) is 2.16. The molecule has 1 heterocycles. The monoisotopic (exact) mass is 365 g/mol. The van der Waals surface area contributed by atoms with Crippen LogP contribution in [0.2, 0.25) is 5.02 Å². The van der Waals surface area contributed by atoms with Crippen molar-refractivity contribution >= 4 is 23.5 Å². The second-order valence-electron chi connectivity index (χ2n) is 6.48. The third kappa shape index (κ3) is 4.46. The number of nitrogens with zero attached hydrogens (tertiary/aromatic N) is 2.